The second-order valence-electron chi connectivity index (χ2n) is 3.82. The average molecular weight is 210 g/mol. The molecule has 0 bridgehead atoms. The van der Waals surface area contributed by atoms with Crippen LogP contribution in [0.1, 0.15) is 12.8 Å². The van der Waals surface area contributed by atoms with Gasteiger partial charge in [0, 0.05) is 26.2 Å². The van der Waals surface area contributed by atoms with E-state index in [4.69, 9.17) is 11.5 Å². The smallest absolute Gasteiger partial charge is 0.304 e. The second kappa shape index (κ2) is 6.44. The summed E-state index contributed by atoms with van der Waals surface area (Å²) < 4.78 is 0. The SMILES string of the molecule is C#CCN1CCCN(CCC(=O)O)CC1. The summed E-state index contributed by atoms with van der Waals surface area (Å²) in [6.45, 7) is 5.23. The van der Waals surface area contributed by atoms with E-state index in [1.807, 2.05) is 0 Å². The minimum Gasteiger partial charge on any atom is -0.481 e. The highest BCUT2D eigenvalue weighted by Gasteiger charge is 2.14. The van der Waals surface area contributed by atoms with E-state index in [0.717, 1.165) is 32.6 Å². The summed E-state index contributed by atoms with van der Waals surface area (Å²) in [5.74, 6) is 1.92. The molecule has 1 aliphatic heterocycles. The molecule has 1 saturated heterocycles. The topological polar surface area (TPSA) is 43.8 Å². The minimum absolute atomic E-state index is 0.231. The van der Waals surface area contributed by atoms with E-state index in [1.54, 1.807) is 0 Å². The Morgan fingerprint density at radius 3 is 2.60 bits per heavy atom. The third kappa shape index (κ3) is 4.82. The van der Waals surface area contributed by atoms with E-state index >= 15 is 0 Å². The molecule has 1 heterocycles. The predicted molar refractivity (Wildman–Crippen MR) is 58.6 cm³/mol. The Kier molecular flexibility index (Phi) is 5.16. The summed E-state index contributed by atoms with van der Waals surface area (Å²) in [6, 6.07) is 0. The normalized spacial score (nSPS) is 19.4. The van der Waals surface area contributed by atoms with Gasteiger partial charge in [-0.1, -0.05) is 5.92 Å². The Labute approximate surface area is 90.9 Å². The third-order valence-corrected chi connectivity index (χ3v) is 2.64. The molecule has 0 aliphatic carbocycles. The summed E-state index contributed by atoms with van der Waals surface area (Å²) in [5.41, 5.74) is 0. The molecule has 0 aromatic rings. The molecule has 0 saturated carbocycles. The van der Waals surface area contributed by atoms with Crippen LogP contribution < -0.4 is 0 Å². The van der Waals surface area contributed by atoms with E-state index in [2.05, 4.69) is 15.7 Å². The molecule has 0 spiro atoms. The first kappa shape index (κ1) is 12.0. The predicted octanol–water partition coefficient (Wildman–Crippen LogP) is 0.102. The van der Waals surface area contributed by atoms with E-state index in [9.17, 15) is 4.79 Å². The fourth-order valence-corrected chi connectivity index (χ4v) is 1.79. The summed E-state index contributed by atoms with van der Waals surface area (Å²) >= 11 is 0. The molecule has 0 atom stereocenters. The van der Waals surface area contributed by atoms with Crippen molar-refractivity contribution in [3.63, 3.8) is 0 Å². The Morgan fingerprint density at radius 1 is 1.27 bits per heavy atom. The van der Waals surface area contributed by atoms with Gasteiger partial charge < -0.3 is 10.0 Å². The molecule has 0 unspecified atom stereocenters. The summed E-state index contributed by atoms with van der Waals surface area (Å²) in [7, 11) is 0. The largest absolute Gasteiger partial charge is 0.481 e. The number of aliphatic carboxylic acids is 1. The fourth-order valence-electron chi connectivity index (χ4n) is 1.79. The highest BCUT2D eigenvalue weighted by Crippen LogP contribution is 2.03. The molecule has 0 radical (unpaired) electrons. The third-order valence-electron chi connectivity index (χ3n) is 2.64. The van der Waals surface area contributed by atoms with Crippen molar-refractivity contribution in [2.75, 3.05) is 39.3 Å². The van der Waals surface area contributed by atoms with Crippen LogP contribution in [0.4, 0.5) is 0 Å². The van der Waals surface area contributed by atoms with Crippen molar-refractivity contribution < 1.29 is 9.90 Å². The Hall–Kier alpha value is -1.05. The monoisotopic (exact) mass is 210 g/mol. The van der Waals surface area contributed by atoms with Gasteiger partial charge in [-0.15, -0.1) is 6.42 Å². The molecule has 4 nitrogen and oxygen atoms in total. The van der Waals surface area contributed by atoms with Gasteiger partial charge in [-0.25, -0.2) is 0 Å². The van der Waals surface area contributed by atoms with Crippen LogP contribution in [0.5, 0.6) is 0 Å². The zero-order valence-electron chi connectivity index (χ0n) is 8.98. The number of carbonyl (C=O) groups is 1. The van der Waals surface area contributed by atoms with Gasteiger partial charge in [-0.2, -0.15) is 0 Å². The lowest BCUT2D eigenvalue weighted by Crippen LogP contribution is -2.32. The molecule has 0 aromatic heterocycles. The quantitative estimate of drug-likeness (QED) is 0.668. The Balaban J connectivity index is 2.26. The molecule has 4 heteroatoms. The first-order valence-electron chi connectivity index (χ1n) is 5.32. The van der Waals surface area contributed by atoms with Crippen molar-refractivity contribution >= 4 is 5.97 Å². The highest BCUT2D eigenvalue weighted by molar-refractivity contribution is 5.66. The molecular formula is C11H18N2O2. The van der Waals surface area contributed by atoms with E-state index in [1.165, 1.54) is 0 Å². The molecule has 15 heavy (non-hydrogen) atoms. The number of carboxylic acids is 1. The molecule has 84 valence electrons. The van der Waals surface area contributed by atoms with Crippen LogP contribution in [0.25, 0.3) is 0 Å². The standard InChI is InChI=1S/C11H18N2O2/c1-2-5-12-6-3-7-13(10-9-12)8-4-11(14)15/h1H,3-10H2,(H,14,15). The Bertz CT molecular complexity index is 247. The molecule has 1 aliphatic rings. The van der Waals surface area contributed by atoms with Crippen molar-refractivity contribution in [2.45, 2.75) is 12.8 Å². The van der Waals surface area contributed by atoms with Gasteiger partial charge in [0.15, 0.2) is 0 Å². The summed E-state index contributed by atoms with van der Waals surface area (Å²) in [5, 5.41) is 8.59. The lowest BCUT2D eigenvalue weighted by atomic mass is 10.3. The average Bonchev–Trinajstić information content (AvgIpc) is 2.41. The van der Waals surface area contributed by atoms with Crippen molar-refractivity contribution in [3.05, 3.63) is 0 Å². The van der Waals surface area contributed by atoms with Gasteiger partial charge in [0.2, 0.25) is 0 Å². The van der Waals surface area contributed by atoms with Crippen molar-refractivity contribution in [1.82, 2.24) is 9.80 Å². The number of hydrogen-bond acceptors (Lipinski definition) is 3. The second-order valence-corrected chi connectivity index (χ2v) is 3.82. The number of terminal acetylenes is 1. The highest BCUT2D eigenvalue weighted by atomic mass is 16.4. The van der Waals surface area contributed by atoms with Gasteiger partial charge in [0.25, 0.3) is 0 Å². The van der Waals surface area contributed by atoms with Gasteiger partial charge in [-0.3, -0.25) is 9.69 Å². The van der Waals surface area contributed by atoms with Gasteiger partial charge in [0.05, 0.1) is 13.0 Å². The van der Waals surface area contributed by atoms with Crippen LogP contribution in [0.15, 0.2) is 0 Å². The van der Waals surface area contributed by atoms with Crippen LogP contribution in [0, 0.1) is 12.3 Å². The van der Waals surface area contributed by atoms with Crippen LogP contribution >= 0.6 is 0 Å². The summed E-state index contributed by atoms with van der Waals surface area (Å²) in [6.07, 6.45) is 6.56. The lowest BCUT2D eigenvalue weighted by Gasteiger charge is -2.19. The van der Waals surface area contributed by atoms with Gasteiger partial charge in [-0.05, 0) is 13.0 Å². The molecular weight excluding hydrogens is 192 g/mol. The van der Waals surface area contributed by atoms with E-state index in [0.29, 0.717) is 13.1 Å². The maximum absolute atomic E-state index is 10.4. The molecule has 0 amide bonds. The van der Waals surface area contributed by atoms with E-state index < -0.39 is 5.97 Å². The number of rotatable bonds is 4. The molecule has 1 fully saturated rings. The zero-order valence-corrected chi connectivity index (χ0v) is 8.98. The van der Waals surface area contributed by atoms with Crippen molar-refractivity contribution in [3.8, 4) is 12.3 Å². The number of nitrogens with zero attached hydrogens (tertiary/aromatic N) is 2. The Morgan fingerprint density at radius 2 is 1.93 bits per heavy atom. The van der Waals surface area contributed by atoms with Crippen LogP contribution in [0.3, 0.4) is 0 Å². The lowest BCUT2D eigenvalue weighted by molar-refractivity contribution is -0.137. The maximum Gasteiger partial charge on any atom is 0.304 e. The van der Waals surface area contributed by atoms with Crippen molar-refractivity contribution in [2.24, 2.45) is 0 Å². The molecule has 1 rings (SSSR count). The van der Waals surface area contributed by atoms with Gasteiger partial charge >= 0.3 is 5.97 Å². The van der Waals surface area contributed by atoms with E-state index in [-0.39, 0.29) is 6.42 Å². The number of carboxylic acid groups (broad SMARTS) is 1. The number of hydrogen-bond donors (Lipinski definition) is 1. The molecule has 0 aromatic carbocycles. The van der Waals surface area contributed by atoms with Gasteiger partial charge in [0.1, 0.15) is 0 Å². The first-order chi connectivity index (χ1) is 7.22. The van der Waals surface area contributed by atoms with Crippen LogP contribution in [0.2, 0.25) is 0 Å². The first-order valence-corrected chi connectivity index (χ1v) is 5.32. The zero-order chi connectivity index (χ0) is 11.1. The van der Waals surface area contributed by atoms with Crippen molar-refractivity contribution in [1.29, 1.82) is 0 Å². The minimum atomic E-state index is -0.722. The van der Waals surface area contributed by atoms with Crippen LogP contribution in [-0.2, 0) is 4.79 Å². The fraction of sp³-hybridized carbons (Fsp3) is 0.727. The molecule has 1 N–H and O–H groups in total. The van der Waals surface area contributed by atoms with Crippen LogP contribution in [-0.4, -0.2) is 60.1 Å². The maximum atomic E-state index is 10.4. The summed E-state index contributed by atoms with van der Waals surface area (Å²) in [4.78, 5) is 14.9.